The van der Waals surface area contributed by atoms with Crippen LogP contribution in [0.2, 0.25) is 0 Å². The van der Waals surface area contributed by atoms with Crippen molar-refractivity contribution in [2.24, 2.45) is 0 Å². The zero-order valence-corrected chi connectivity index (χ0v) is 7.43. The van der Waals surface area contributed by atoms with Gasteiger partial charge in [-0.1, -0.05) is 0 Å². The van der Waals surface area contributed by atoms with Gasteiger partial charge in [-0.15, -0.1) is 0 Å². The van der Waals surface area contributed by atoms with Crippen LogP contribution >= 0.6 is 0 Å². The second-order valence-corrected chi connectivity index (χ2v) is 2.96. The van der Waals surface area contributed by atoms with Crippen LogP contribution in [0.5, 0.6) is 11.5 Å². The van der Waals surface area contributed by atoms with Crippen molar-refractivity contribution in [3.8, 4) is 11.5 Å². The van der Waals surface area contributed by atoms with Crippen LogP contribution in [-0.2, 0) is 0 Å². The minimum absolute atomic E-state index is 0.132. The smallest absolute Gasteiger partial charge is 0.347 e. The lowest BCUT2D eigenvalue weighted by molar-refractivity contribution is 0.112. The topological polar surface area (TPSA) is 87.7 Å². The summed E-state index contributed by atoms with van der Waals surface area (Å²) in [6.45, 7) is 0. The zero-order valence-electron chi connectivity index (χ0n) is 7.43. The van der Waals surface area contributed by atoms with Gasteiger partial charge < -0.3 is 14.6 Å². The fourth-order valence-electron chi connectivity index (χ4n) is 1.26. The molecular formula is C10H6O5. The van der Waals surface area contributed by atoms with Gasteiger partial charge in [-0.2, -0.15) is 0 Å². The molecule has 0 aliphatic carbocycles. The Morgan fingerprint density at radius 3 is 2.67 bits per heavy atom. The van der Waals surface area contributed by atoms with Gasteiger partial charge in [0, 0.05) is 5.39 Å². The van der Waals surface area contributed by atoms with E-state index in [0.717, 1.165) is 0 Å². The van der Waals surface area contributed by atoms with Crippen LogP contribution in [-0.4, -0.2) is 16.5 Å². The number of fused-ring (bicyclic) bond motifs is 1. The molecule has 0 aliphatic rings. The van der Waals surface area contributed by atoms with Crippen LogP contribution in [0, 0.1) is 0 Å². The molecule has 0 aliphatic heterocycles. The van der Waals surface area contributed by atoms with Crippen molar-refractivity contribution >= 4 is 17.3 Å². The largest absolute Gasteiger partial charge is 0.504 e. The fourth-order valence-corrected chi connectivity index (χ4v) is 1.26. The van der Waals surface area contributed by atoms with Gasteiger partial charge in [0.05, 0.1) is 0 Å². The molecular weight excluding hydrogens is 200 g/mol. The summed E-state index contributed by atoms with van der Waals surface area (Å²) in [6.07, 6.45) is 0.370. The number of phenolic OH excluding ortho intramolecular Hbond substituents is 2. The third kappa shape index (κ3) is 1.34. The number of benzene rings is 1. The molecule has 76 valence electrons. The van der Waals surface area contributed by atoms with Crippen molar-refractivity contribution in [2.45, 2.75) is 0 Å². The first kappa shape index (κ1) is 9.26. The van der Waals surface area contributed by atoms with E-state index >= 15 is 0 Å². The highest BCUT2D eigenvalue weighted by Crippen LogP contribution is 2.32. The lowest BCUT2D eigenvalue weighted by atomic mass is 10.2. The van der Waals surface area contributed by atoms with E-state index in [0.29, 0.717) is 11.7 Å². The number of hydrogen-bond acceptors (Lipinski definition) is 5. The summed E-state index contributed by atoms with van der Waals surface area (Å²) in [6, 6.07) is 3.96. The molecule has 0 unspecified atom stereocenters. The van der Waals surface area contributed by atoms with Gasteiger partial charge in [-0.05, 0) is 18.2 Å². The molecule has 5 heteroatoms. The lowest BCUT2D eigenvalue weighted by Crippen LogP contribution is -2.05. The van der Waals surface area contributed by atoms with Crippen LogP contribution in [0.15, 0.2) is 27.4 Å². The average Bonchev–Trinajstić information content (AvgIpc) is 2.24. The number of phenols is 2. The molecule has 0 amide bonds. The Morgan fingerprint density at radius 2 is 2.00 bits per heavy atom. The van der Waals surface area contributed by atoms with E-state index in [1.807, 2.05) is 0 Å². The molecule has 0 saturated carbocycles. The molecule has 1 heterocycles. The van der Waals surface area contributed by atoms with Crippen LogP contribution in [0.25, 0.3) is 11.0 Å². The van der Waals surface area contributed by atoms with Gasteiger partial charge in [-0.3, -0.25) is 4.79 Å². The van der Waals surface area contributed by atoms with E-state index in [2.05, 4.69) is 0 Å². The maximum atomic E-state index is 11.1. The highest BCUT2D eigenvalue weighted by atomic mass is 16.4. The molecule has 1 aromatic carbocycles. The van der Waals surface area contributed by atoms with Gasteiger partial charge >= 0.3 is 5.63 Å². The van der Waals surface area contributed by atoms with Crippen LogP contribution in [0.4, 0.5) is 0 Å². The van der Waals surface area contributed by atoms with Crippen molar-refractivity contribution in [1.82, 2.24) is 0 Å². The summed E-state index contributed by atoms with van der Waals surface area (Å²) in [7, 11) is 0. The van der Waals surface area contributed by atoms with E-state index in [-0.39, 0.29) is 16.9 Å². The van der Waals surface area contributed by atoms with Crippen LogP contribution in [0.1, 0.15) is 10.4 Å². The number of carbonyl (C=O) groups excluding carboxylic acids is 1. The van der Waals surface area contributed by atoms with E-state index in [1.165, 1.54) is 18.2 Å². The first-order chi connectivity index (χ1) is 7.13. The Morgan fingerprint density at radius 1 is 1.27 bits per heavy atom. The summed E-state index contributed by atoms with van der Waals surface area (Å²) in [5.41, 5.74) is -1.11. The molecule has 0 radical (unpaired) electrons. The van der Waals surface area contributed by atoms with Gasteiger partial charge in [0.15, 0.2) is 17.6 Å². The molecule has 5 nitrogen and oxygen atoms in total. The highest BCUT2D eigenvalue weighted by molar-refractivity contribution is 5.88. The van der Waals surface area contributed by atoms with Gasteiger partial charge in [0.25, 0.3) is 0 Å². The number of hydrogen-bond donors (Lipinski definition) is 2. The average molecular weight is 206 g/mol. The maximum Gasteiger partial charge on any atom is 0.347 e. The van der Waals surface area contributed by atoms with Crippen LogP contribution < -0.4 is 5.63 Å². The van der Waals surface area contributed by atoms with Crippen molar-refractivity contribution < 1.29 is 19.4 Å². The molecule has 0 atom stereocenters. The second-order valence-electron chi connectivity index (χ2n) is 2.96. The predicted molar refractivity (Wildman–Crippen MR) is 51.2 cm³/mol. The van der Waals surface area contributed by atoms with Crippen molar-refractivity contribution in [2.75, 3.05) is 0 Å². The summed E-state index contributed by atoms with van der Waals surface area (Å²) in [5.74, 6) is -0.897. The summed E-state index contributed by atoms with van der Waals surface area (Å²) in [5, 5.41) is 18.9. The van der Waals surface area contributed by atoms with Crippen molar-refractivity contribution in [1.29, 1.82) is 0 Å². The Kier molecular flexibility index (Phi) is 1.93. The first-order valence-electron chi connectivity index (χ1n) is 4.07. The van der Waals surface area contributed by atoms with E-state index in [4.69, 9.17) is 9.52 Å². The van der Waals surface area contributed by atoms with E-state index in [9.17, 15) is 14.7 Å². The SMILES string of the molecule is O=Cc1cc2ccc(O)c(O)c2oc1=O. The Labute approximate surface area is 83.2 Å². The van der Waals surface area contributed by atoms with Gasteiger partial charge in [-0.25, -0.2) is 4.79 Å². The van der Waals surface area contributed by atoms with Crippen molar-refractivity contribution in [3.05, 3.63) is 34.2 Å². The number of aldehydes is 1. The molecule has 0 spiro atoms. The highest BCUT2D eigenvalue weighted by Gasteiger charge is 2.10. The normalized spacial score (nSPS) is 10.4. The lowest BCUT2D eigenvalue weighted by Gasteiger charge is -2.01. The molecule has 2 rings (SSSR count). The second kappa shape index (κ2) is 3.13. The van der Waals surface area contributed by atoms with E-state index in [1.54, 1.807) is 0 Å². The number of carbonyl (C=O) groups is 1. The Bertz CT molecular complexity index is 597. The quantitative estimate of drug-likeness (QED) is 0.413. The molecule has 15 heavy (non-hydrogen) atoms. The monoisotopic (exact) mass is 206 g/mol. The van der Waals surface area contributed by atoms with Crippen LogP contribution in [0.3, 0.4) is 0 Å². The molecule has 2 N–H and O–H groups in total. The Hall–Kier alpha value is -2.30. The van der Waals surface area contributed by atoms with Gasteiger partial charge in [0.1, 0.15) is 5.56 Å². The molecule has 2 aromatic rings. The summed E-state index contributed by atoms with van der Waals surface area (Å²) in [4.78, 5) is 21.6. The predicted octanol–water partition coefficient (Wildman–Crippen LogP) is 1.02. The van der Waals surface area contributed by atoms with E-state index < -0.39 is 11.4 Å². The third-order valence-electron chi connectivity index (χ3n) is 2.01. The fraction of sp³-hybridized carbons (Fsp3) is 0. The molecule has 0 bridgehead atoms. The third-order valence-corrected chi connectivity index (χ3v) is 2.01. The standard InChI is InChI=1S/C10H6O5/c11-4-6-3-5-1-2-7(12)8(13)9(5)15-10(6)14/h1-4,12-13H. The zero-order chi connectivity index (χ0) is 11.0. The first-order valence-corrected chi connectivity index (χ1v) is 4.07. The van der Waals surface area contributed by atoms with Crippen molar-refractivity contribution in [3.63, 3.8) is 0 Å². The summed E-state index contributed by atoms with van der Waals surface area (Å²) >= 11 is 0. The molecule has 1 aromatic heterocycles. The maximum absolute atomic E-state index is 11.1. The minimum Gasteiger partial charge on any atom is -0.504 e. The molecule has 0 fully saturated rings. The molecule has 0 saturated heterocycles. The Balaban J connectivity index is 2.93. The summed E-state index contributed by atoms with van der Waals surface area (Å²) < 4.78 is 4.70. The number of rotatable bonds is 1. The number of aromatic hydroxyl groups is 2. The van der Waals surface area contributed by atoms with Gasteiger partial charge in [0.2, 0.25) is 5.75 Å². The minimum atomic E-state index is -0.849.